The molecule has 0 aliphatic heterocycles. The van der Waals surface area contributed by atoms with Crippen LogP contribution in [0.25, 0.3) is 0 Å². The Labute approximate surface area is 193 Å². The highest BCUT2D eigenvalue weighted by Gasteiger charge is 2.17. The molecule has 0 unspecified atom stereocenters. The first-order chi connectivity index (χ1) is 14.2. The molecule has 10 heteroatoms. The minimum absolute atomic E-state index is 0.0286. The van der Waals surface area contributed by atoms with Gasteiger partial charge < -0.3 is 15.4 Å². The normalized spacial score (nSPS) is 10.6. The number of hydrogen-bond acceptors (Lipinski definition) is 5. The summed E-state index contributed by atoms with van der Waals surface area (Å²) >= 11 is 19.0. The maximum absolute atomic E-state index is 12.4. The molecule has 0 bridgehead atoms. The molecular formula is C20H19Cl3N2O4S. The van der Waals surface area contributed by atoms with Gasteiger partial charge in [-0.2, -0.15) is 0 Å². The Kier molecular flexibility index (Phi) is 9.30. The van der Waals surface area contributed by atoms with E-state index in [-0.39, 0.29) is 44.0 Å². The van der Waals surface area contributed by atoms with Crippen LogP contribution in [0.3, 0.4) is 0 Å². The van der Waals surface area contributed by atoms with Crippen molar-refractivity contribution in [1.82, 2.24) is 5.32 Å². The molecule has 0 radical (unpaired) electrons. The first-order valence-corrected chi connectivity index (χ1v) is 10.9. The van der Waals surface area contributed by atoms with Crippen LogP contribution in [0.1, 0.15) is 24.2 Å². The quantitative estimate of drug-likeness (QED) is 0.308. The van der Waals surface area contributed by atoms with Crippen LogP contribution in [0.2, 0.25) is 15.1 Å². The van der Waals surface area contributed by atoms with Crippen LogP contribution in [0, 0.1) is 0 Å². The van der Waals surface area contributed by atoms with Crippen LogP contribution in [0.15, 0.2) is 41.3 Å². The van der Waals surface area contributed by atoms with Crippen LogP contribution in [0.5, 0.6) is 0 Å². The number of carbonyl (C=O) groups is 3. The standard InChI is InChI=1S/C20H19Cl3N2O4S/c1-11(2)24-19(27)10-30-17-6-4-3-5-12(17)20(28)29-9-18(26)25-16-8-14(22)13(21)7-15(16)23/h3-8,11H,9-10H2,1-2H3,(H,24,27)(H,25,26). The van der Waals surface area contributed by atoms with Crippen LogP contribution < -0.4 is 10.6 Å². The Balaban J connectivity index is 1.95. The largest absolute Gasteiger partial charge is 0.452 e. The molecule has 0 saturated heterocycles. The maximum Gasteiger partial charge on any atom is 0.339 e. The van der Waals surface area contributed by atoms with Gasteiger partial charge in [0.2, 0.25) is 5.91 Å². The number of esters is 1. The lowest BCUT2D eigenvalue weighted by Crippen LogP contribution is -2.31. The molecule has 2 rings (SSSR count). The van der Waals surface area contributed by atoms with Crippen molar-refractivity contribution in [3.05, 3.63) is 57.0 Å². The molecule has 2 aromatic rings. The van der Waals surface area contributed by atoms with Gasteiger partial charge in [-0.25, -0.2) is 4.79 Å². The van der Waals surface area contributed by atoms with E-state index in [1.807, 2.05) is 13.8 Å². The van der Waals surface area contributed by atoms with Gasteiger partial charge >= 0.3 is 5.97 Å². The molecule has 0 spiro atoms. The van der Waals surface area contributed by atoms with Crippen molar-refractivity contribution in [2.75, 3.05) is 17.7 Å². The topological polar surface area (TPSA) is 84.5 Å². The third-order valence-electron chi connectivity index (χ3n) is 3.53. The number of benzene rings is 2. The van der Waals surface area contributed by atoms with Crippen LogP contribution in [0.4, 0.5) is 5.69 Å². The average molecular weight is 490 g/mol. The number of hydrogen-bond donors (Lipinski definition) is 2. The summed E-state index contributed by atoms with van der Waals surface area (Å²) in [5, 5.41) is 5.96. The number of anilines is 1. The fourth-order valence-electron chi connectivity index (χ4n) is 2.28. The van der Waals surface area contributed by atoms with E-state index in [2.05, 4.69) is 10.6 Å². The van der Waals surface area contributed by atoms with Gasteiger partial charge in [-0.3, -0.25) is 9.59 Å². The van der Waals surface area contributed by atoms with Crippen LogP contribution in [-0.2, 0) is 14.3 Å². The molecule has 0 aliphatic carbocycles. The van der Waals surface area contributed by atoms with E-state index in [1.165, 1.54) is 23.9 Å². The van der Waals surface area contributed by atoms with Gasteiger partial charge in [-0.05, 0) is 38.1 Å². The lowest BCUT2D eigenvalue weighted by molar-refractivity contribution is -0.119. The zero-order valence-corrected chi connectivity index (χ0v) is 19.2. The molecule has 2 N–H and O–H groups in total. The Hall–Kier alpha value is -1.93. The molecule has 6 nitrogen and oxygen atoms in total. The Morgan fingerprint density at radius 1 is 1.00 bits per heavy atom. The van der Waals surface area contributed by atoms with E-state index in [4.69, 9.17) is 39.5 Å². The number of thioether (sulfide) groups is 1. The van der Waals surface area contributed by atoms with Gasteiger partial charge in [0.1, 0.15) is 0 Å². The fourth-order valence-corrected chi connectivity index (χ4v) is 3.73. The summed E-state index contributed by atoms with van der Waals surface area (Å²) in [5.74, 6) is -1.27. The summed E-state index contributed by atoms with van der Waals surface area (Å²) in [7, 11) is 0. The summed E-state index contributed by atoms with van der Waals surface area (Å²) in [6.45, 7) is 3.20. The number of carbonyl (C=O) groups excluding carboxylic acids is 3. The maximum atomic E-state index is 12.4. The minimum Gasteiger partial charge on any atom is -0.452 e. The predicted molar refractivity (Wildman–Crippen MR) is 121 cm³/mol. The lowest BCUT2D eigenvalue weighted by Gasteiger charge is -2.11. The van der Waals surface area contributed by atoms with Crippen LogP contribution >= 0.6 is 46.6 Å². The van der Waals surface area contributed by atoms with Crippen molar-refractivity contribution >= 4 is 70.0 Å². The van der Waals surface area contributed by atoms with Crippen molar-refractivity contribution in [2.45, 2.75) is 24.8 Å². The number of halogens is 3. The zero-order valence-electron chi connectivity index (χ0n) is 16.1. The highest BCUT2D eigenvalue weighted by atomic mass is 35.5. The molecule has 0 atom stereocenters. The van der Waals surface area contributed by atoms with E-state index in [0.29, 0.717) is 4.90 Å². The summed E-state index contributed by atoms with van der Waals surface area (Å²) < 4.78 is 5.10. The van der Waals surface area contributed by atoms with Crippen molar-refractivity contribution in [3.63, 3.8) is 0 Å². The third kappa shape index (κ3) is 7.40. The summed E-state index contributed by atoms with van der Waals surface area (Å²) in [6.07, 6.45) is 0. The molecule has 2 aromatic carbocycles. The smallest absolute Gasteiger partial charge is 0.339 e. The van der Waals surface area contributed by atoms with Crippen LogP contribution in [-0.4, -0.2) is 36.2 Å². The Morgan fingerprint density at radius 2 is 1.67 bits per heavy atom. The van der Waals surface area contributed by atoms with Gasteiger partial charge in [-0.1, -0.05) is 46.9 Å². The molecule has 0 fully saturated rings. The summed E-state index contributed by atoms with van der Waals surface area (Å²) in [6, 6.07) is 9.53. The molecular weight excluding hydrogens is 471 g/mol. The molecule has 30 heavy (non-hydrogen) atoms. The first kappa shape index (κ1) is 24.3. The number of ether oxygens (including phenoxy) is 1. The van der Waals surface area contributed by atoms with E-state index >= 15 is 0 Å². The Morgan fingerprint density at radius 3 is 2.37 bits per heavy atom. The summed E-state index contributed by atoms with van der Waals surface area (Å²) in [5.41, 5.74) is 0.513. The molecule has 0 heterocycles. The van der Waals surface area contributed by atoms with Gasteiger partial charge in [0.15, 0.2) is 6.61 Å². The molecule has 0 aliphatic rings. The molecule has 160 valence electrons. The van der Waals surface area contributed by atoms with Crippen molar-refractivity contribution in [1.29, 1.82) is 0 Å². The lowest BCUT2D eigenvalue weighted by atomic mass is 10.2. The SMILES string of the molecule is CC(C)NC(=O)CSc1ccccc1C(=O)OCC(=O)Nc1cc(Cl)c(Cl)cc1Cl. The molecule has 0 aromatic heterocycles. The zero-order chi connectivity index (χ0) is 22.3. The second kappa shape index (κ2) is 11.5. The van der Waals surface area contributed by atoms with Gasteiger partial charge in [0.05, 0.1) is 32.1 Å². The minimum atomic E-state index is -0.683. The van der Waals surface area contributed by atoms with E-state index < -0.39 is 18.5 Å². The second-order valence-corrected chi connectivity index (χ2v) is 8.62. The van der Waals surface area contributed by atoms with Gasteiger partial charge in [0, 0.05) is 10.9 Å². The van der Waals surface area contributed by atoms with Crippen molar-refractivity contribution in [3.8, 4) is 0 Å². The second-order valence-electron chi connectivity index (χ2n) is 6.38. The van der Waals surface area contributed by atoms with Gasteiger partial charge in [0.25, 0.3) is 5.91 Å². The Bertz CT molecular complexity index is 954. The number of nitrogens with one attached hydrogen (secondary N) is 2. The molecule has 0 saturated carbocycles. The van der Waals surface area contributed by atoms with E-state index in [9.17, 15) is 14.4 Å². The summed E-state index contributed by atoms with van der Waals surface area (Å²) in [4.78, 5) is 37.0. The van der Waals surface area contributed by atoms with E-state index in [0.717, 1.165) is 0 Å². The number of amides is 2. The first-order valence-electron chi connectivity index (χ1n) is 8.80. The van der Waals surface area contributed by atoms with Crippen molar-refractivity contribution in [2.24, 2.45) is 0 Å². The highest BCUT2D eigenvalue weighted by Crippen LogP contribution is 2.32. The average Bonchev–Trinajstić information content (AvgIpc) is 2.68. The highest BCUT2D eigenvalue weighted by molar-refractivity contribution is 8.00. The fraction of sp³-hybridized carbons (Fsp3) is 0.250. The van der Waals surface area contributed by atoms with Gasteiger partial charge in [-0.15, -0.1) is 11.8 Å². The monoisotopic (exact) mass is 488 g/mol. The third-order valence-corrected chi connectivity index (χ3v) is 5.64. The predicted octanol–water partition coefficient (Wildman–Crippen LogP) is 5.06. The molecule has 2 amide bonds. The van der Waals surface area contributed by atoms with Crippen molar-refractivity contribution < 1.29 is 19.1 Å². The van der Waals surface area contributed by atoms with E-state index in [1.54, 1.807) is 24.3 Å². The number of rotatable bonds is 8.